The van der Waals surface area contributed by atoms with Crippen LogP contribution in [0, 0.1) is 11.8 Å². The summed E-state index contributed by atoms with van der Waals surface area (Å²) in [5.74, 6) is 1.65. The van der Waals surface area contributed by atoms with Gasteiger partial charge in [0.15, 0.2) is 0 Å². The van der Waals surface area contributed by atoms with Gasteiger partial charge >= 0.3 is 0 Å². The molecular formula is C19H27N3O3. The molecule has 136 valence electrons. The summed E-state index contributed by atoms with van der Waals surface area (Å²) in [6.07, 6.45) is 1.88. The Morgan fingerprint density at radius 2 is 1.88 bits per heavy atom. The van der Waals surface area contributed by atoms with Gasteiger partial charge in [-0.2, -0.15) is 0 Å². The van der Waals surface area contributed by atoms with Crippen molar-refractivity contribution in [2.24, 2.45) is 11.8 Å². The summed E-state index contributed by atoms with van der Waals surface area (Å²) in [6, 6.07) is 9.52. The van der Waals surface area contributed by atoms with Crippen LogP contribution in [-0.4, -0.2) is 56.0 Å². The van der Waals surface area contributed by atoms with Crippen molar-refractivity contribution in [3.8, 4) is 5.75 Å². The quantitative estimate of drug-likeness (QED) is 0.774. The van der Waals surface area contributed by atoms with E-state index in [1.807, 2.05) is 35.2 Å². The molecule has 0 aliphatic carbocycles. The molecule has 2 fully saturated rings. The molecule has 25 heavy (non-hydrogen) atoms. The van der Waals surface area contributed by atoms with Crippen LogP contribution in [-0.2, 0) is 9.59 Å². The maximum Gasteiger partial charge on any atom is 0.225 e. The summed E-state index contributed by atoms with van der Waals surface area (Å²) >= 11 is 0. The number of benzene rings is 1. The smallest absolute Gasteiger partial charge is 0.225 e. The number of amides is 2. The third-order valence-corrected chi connectivity index (χ3v) is 4.98. The fourth-order valence-corrected chi connectivity index (χ4v) is 3.20. The Morgan fingerprint density at radius 3 is 2.52 bits per heavy atom. The van der Waals surface area contributed by atoms with Gasteiger partial charge in [-0.05, 0) is 25.0 Å². The van der Waals surface area contributed by atoms with Crippen LogP contribution in [0.25, 0.3) is 0 Å². The van der Waals surface area contributed by atoms with Gasteiger partial charge in [0, 0.05) is 44.6 Å². The van der Waals surface area contributed by atoms with E-state index < -0.39 is 0 Å². The van der Waals surface area contributed by atoms with Crippen molar-refractivity contribution in [1.29, 1.82) is 0 Å². The molecular weight excluding hydrogens is 318 g/mol. The summed E-state index contributed by atoms with van der Waals surface area (Å²) < 4.78 is 5.58. The van der Waals surface area contributed by atoms with Crippen molar-refractivity contribution >= 4 is 11.8 Å². The summed E-state index contributed by atoms with van der Waals surface area (Å²) in [7, 11) is 0. The number of nitrogens with one attached hydrogen (secondary N) is 2. The number of piperidine rings is 1. The van der Waals surface area contributed by atoms with Crippen molar-refractivity contribution in [3.63, 3.8) is 0 Å². The number of nitrogens with zero attached hydrogens (tertiary/aromatic N) is 1. The number of para-hydroxylation sites is 1. The van der Waals surface area contributed by atoms with Crippen molar-refractivity contribution in [2.75, 3.05) is 39.3 Å². The predicted octanol–water partition coefficient (Wildman–Crippen LogP) is 1.03. The number of hydrogen-bond acceptors (Lipinski definition) is 4. The van der Waals surface area contributed by atoms with E-state index in [1.54, 1.807) is 0 Å². The minimum absolute atomic E-state index is 0.0395. The lowest BCUT2D eigenvalue weighted by Gasteiger charge is -2.32. The third-order valence-electron chi connectivity index (χ3n) is 4.98. The Labute approximate surface area is 148 Å². The van der Waals surface area contributed by atoms with E-state index in [2.05, 4.69) is 10.6 Å². The molecule has 1 aromatic rings. The molecule has 2 saturated heterocycles. The molecule has 3 rings (SSSR count). The zero-order valence-corrected chi connectivity index (χ0v) is 14.6. The second kappa shape index (κ2) is 8.85. The molecule has 0 unspecified atom stereocenters. The number of rotatable bonds is 7. The van der Waals surface area contributed by atoms with E-state index in [1.165, 1.54) is 0 Å². The van der Waals surface area contributed by atoms with Crippen LogP contribution in [0.5, 0.6) is 5.75 Å². The lowest BCUT2D eigenvalue weighted by Crippen LogP contribution is -2.50. The number of carbonyl (C=O) groups is 2. The Bertz CT molecular complexity index is 567. The molecule has 0 saturated carbocycles. The lowest BCUT2D eigenvalue weighted by atomic mass is 9.95. The summed E-state index contributed by atoms with van der Waals surface area (Å²) in [5, 5.41) is 6.25. The Kier molecular flexibility index (Phi) is 6.28. The summed E-state index contributed by atoms with van der Waals surface area (Å²) in [4.78, 5) is 26.3. The topological polar surface area (TPSA) is 70.7 Å². The Balaban J connectivity index is 1.32. The Morgan fingerprint density at radius 1 is 1.16 bits per heavy atom. The normalized spacial score (nSPS) is 18.5. The van der Waals surface area contributed by atoms with E-state index in [-0.39, 0.29) is 17.7 Å². The first-order valence-electron chi connectivity index (χ1n) is 9.16. The fourth-order valence-electron chi connectivity index (χ4n) is 3.20. The summed E-state index contributed by atoms with van der Waals surface area (Å²) in [5.41, 5.74) is 0. The van der Waals surface area contributed by atoms with E-state index in [0.717, 1.165) is 38.2 Å². The van der Waals surface area contributed by atoms with Gasteiger partial charge in [0.05, 0.1) is 13.0 Å². The SMILES string of the molecule is O=C(NCC1CNC1)C1CCN(C(=O)CCOc2ccccc2)CC1. The molecule has 2 aliphatic heterocycles. The highest BCUT2D eigenvalue weighted by Crippen LogP contribution is 2.18. The minimum Gasteiger partial charge on any atom is -0.493 e. The molecule has 0 bridgehead atoms. The number of ether oxygens (including phenoxy) is 1. The molecule has 2 heterocycles. The van der Waals surface area contributed by atoms with Crippen molar-refractivity contribution in [2.45, 2.75) is 19.3 Å². The van der Waals surface area contributed by atoms with E-state index >= 15 is 0 Å². The molecule has 0 atom stereocenters. The third kappa shape index (κ3) is 5.19. The van der Waals surface area contributed by atoms with Crippen molar-refractivity contribution in [3.05, 3.63) is 30.3 Å². The van der Waals surface area contributed by atoms with Crippen LogP contribution in [0.4, 0.5) is 0 Å². The first-order chi connectivity index (χ1) is 12.2. The van der Waals surface area contributed by atoms with Crippen LogP contribution in [0.3, 0.4) is 0 Å². The standard InChI is InChI=1S/C19H27N3O3/c23-18(8-11-25-17-4-2-1-3-5-17)22-9-6-16(7-10-22)19(24)21-14-15-12-20-13-15/h1-5,15-16,20H,6-14H2,(H,21,24). The predicted molar refractivity (Wildman–Crippen MR) is 95.2 cm³/mol. The van der Waals surface area contributed by atoms with Crippen molar-refractivity contribution in [1.82, 2.24) is 15.5 Å². The first kappa shape index (κ1) is 17.7. The largest absolute Gasteiger partial charge is 0.493 e. The fraction of sp³-hybridized carbons (Fsp3) is 0.579. The van der Waals surface area contributed by atoms with Gasteiger partial charge < -0.3 is 20.3 Å². The molecule has 1 aromatic carbocycles. The van der Waals surface area contributed by atoms with Gasteiger partial charge in [-0.25, -0.2) is 0 Å². The van der Waals surface area contributed by atoms with E-state index in [9.17, 15) is 9.59 Å². The maximum absolute atomic E-state index is 12.3. The number of carbonyl (C=O) groups excluding carboxylic acids is 2. The van der Waals surface area contributed by atoms with Crippen LogP contribution in [0.1, 0.15) is 19.3 Å². The van der Waals surface area contributed by atoms with E-state index in [4.69, 9.17) is 4.74 Å². The molecule has 0 spiro atoms. The monoisotopic (exact) mass is 345 g/mol. The van der Waals surface area contributed by atoms with Gasteiger partial charge in [0.25, 0.3) is 0 Å². The van der Waals surface area contributed by atoms with Crippen LogP contribution >= 0.6 is 0 Å². The summed E-state index contributed by atoms with van der Waals surface area (Å²) in [6.45, 7) is 4.47. The zero-order valence-electron chi connectivity index (χ0n) is 14.6. The average Bonchev–Trinajstić information content (AvgIpc) is 2.61. The Hall–Kier alpha value is -2.08. The van der Waals surface area contributed by atoms with Crippen LogP contribution < -0.4 is 15.4 Å². The maximum atomic E-state index is 12.3. The van der Waals surface area contributed by atoms with Gasteiger partial charge in [-0.3, -0.25) is 9.59 Å². The van der Waals surface area contributed by atoms with Gasteiger partial charge in [0.1, 0.15) is 5.75 Å². The van der Waals surface area contributed by atoms with Gasteiger partial charge in [0.2, 0.25) is 11.8 Å². The zero-order chi connectivity index (χ0) is 17.5. The molecule has 0 aromatic heterocycles. The van der Waals surface area contributed by atoms with Crippen LogP contribution in [0.15, 0.2) is 30.3 Å². The molecule has 0 radical (unpaired) electrons. The number of likely N-dealkylation sites (tertiary alicyclic amines) is 1. The second-order valence-electron chi connectivity index (χ2n) is 6.84. The molecule has 6 heteroatoms. The highest BCUT2D eigenvalue weighted by molar-refractivity contribution is 5.80. The molecule has 2 aliphatic rings. The average molecular weight is 345 g/mol. The molecule has 6 nitrogen and oxygen atoms in total. The van der Waals surface area contributed by atoms with Crippen LogP contribution in [0.2, 0.25) is 0 Å². The molecule has 2 N–H and O–H groups in total. The van der Waals surface area contributed by atoms with Crippen molar-refractivity contribution < 1.29 is 14.3 Å². The number of hydrogen-bond donors (Lipinski definition) is 2. The highest BCUT2D eigenvalue weighted by Gasteiger charge is 2.28. The van der Waals surface area contributed by atoms with Gasteiger partial charge in [-0.15, -0.1) is 0 Å². The lowest BCUT2D eigenvalue weighted by molar-refractivity contribution is -0.136. The molecule has 2 amide bonds. The minimum atomic E-state index is 0.0395. The van der Waals surface area contributed by atoms with Gasteiger partial charge in [-0.1, -0.05) is 18.2 Å². The highest BCUT2D eigenvalue weighted by atomic mass is 16.5. The first-order valence-corrected chi connectivity index (χ1v) is 9.16. The van der Waals surface area contributed by atoms with E-state index in [0.29, 0.717) is 32.0 Å². The second-order valence-corrected chi connectivity index (χ2v) is 6.84.